The highest BCUT2D eigenvalue weighted by molar-refractivity contribution is 7.13. The van der Waals surface area contributed by atoms with Gasteiger partial charge in [0.15, 0.2) is 17.6 Å². The number of alkyl halides is 3. The molecule has 2 aliphatic carbocycles. The van der Waals surface area contributed by atoms with E-state index >= 15 is 0 Å². The van der Waals surface area contributed by atoms with Crippen LogP contribution in [0.25, 0.3) is 21.7 Å². The monoisotopic (exact) mass is 501 g/mol. The maximum atomic E-state index is 13.9. The van der Waals surface area contributed by atoms with Crippen molar-refractivity contribution in [1.82, 2.24) is 9.97 Å². The molecule has 5 rings (SSSR count). The summed E-state index contributed by atoms with van der Waals surface area (Å²) >= 11 is 1.38. The van der Waals surface area contributed by atoms with Crippen LogP contribution in [0.3, 0.4) is 0 Å². The van der Waals surface area contributed by atoms with E-state index in [0.29, 0.717) is 40.6 Å². The summed E-state index contributed by atoms with van der Waals surface area (Å²) in [5.41, 5.74) is 0.840. The van der Waals surface area contributed by atoms with Crippen molar-refractivity contribution in [3.8, 4) is 16.6 Å². The van der Waals surface area contributed by atoms with Gasteiger partial charge in [-0.05, 0) is 61.8 Å². The van der Waals surface area contributed by atoms with Gasteiger partial charge < -0.3 is 9.15 Å². The number of hydrogen-bond donors (Lipinski definition) is 0. The number of oxazole rings is 1. The van der Waals surface area contributed by atoms with Crippen LogP contribution in [0, 0.1) is 35.0 Å². The minimum Gasteiger partial charge on any atom is -0.440 e. The van der Waals surface area contributed by atoms with Gasteiger partial charge in [-0.1, -0.05) is 12.1 Å². The second kappa shape index (κ2) is 9.75. The normalized spacial score (nSPS) is 25.0. The Balaban J connectivity index is 1.45. The highest BCUT2D eigenvalue weighted by Gasteiger charge is 2.44. The number of nitriles is 1. The Hall–Kier alpha value is -2.70. The molecule has 5 unspecified atom stereocenters. The lowest BCUT2D eigenvalue weighted by atomic mass is 9.78. The smallest absolute Gasteiger partial charge is 0.418 e. The zero-order valence-corrected chi connectivity index (χ0v) is 19.9. The van der Waals surface area contributed by atoms with Gasteiger partial charge in [0.2, 0.25) is 0 Å². The van der Waals surface area contributed by atoms with E-state index in [4.69, 9.17) is 14.4 Å². The minimum absolute atomic E-state index is 0.114. The highest BCUT2D eigenvalue weighted by Crippen LogP contribution is 2.49. The Bertz CT molecular complexity index is 1230. The van der Waals surface area contributed by atoms with Crippen LogP contribution in [-0.2, 0) is 11.2 Å². The molecule has 2 fully saturated rings. The van der Waals surface area contributed by atoms with E-state index < -0.39 is 18.9 Å². The number of aromatic nitrogens is 2. The van der Waals surface area contributed by atoms with Crippen molar-refractivity contribution in [1.29, 1.82) is 5.26 Å². The molecule has 3 aromatic rings. The van der Waals surface area contributed by atoms with E-state index in [9.17, 15) is 13.2 Å². The van der Waals surface area contributed by atoms with Gasteiger partial charge >= 0.3 is 6.18 Å². The van der Waals surface area contributed by atoms with Crippen LogP contribution in [0.2, 0.25) is 0 Å². The first kappa shape index (κ1) is 24.0. The molecule has 9 heteroatoms. The molecule has 2 saturated carbocycles. The Morgan fingerprint density at radius 1 is 1.29 bits per heavy atom. The van der Waals surface area contributed by atoms with Crippen LogP contribution < -0.4 is 0 Å². The van der Waals surface area contributed by atoms with Crippen molar-refractivity contribution < 1.29 is 22.3 Å². The van der Waals surface area contributed by atoms with Gasteiger partial charge in [0.05, 0.1) is 11.6 Å². The summed E-state index contributed by atoms with van der Waals surface area (Å²) in [5.74, 6) is 3.00. The van der Waals surface area contributed by atoms with Gasteiger partial charge in [-0.25, -0.2) is 9.97 Å². The summed E-state index contributed by atoms with van der Waals surface area (Å²) in [6, 6.07) is 4.54. The molecule has 0 radical (unpaired) electrons. The maximum Gasteiger partial charge on any atom is 0.418 e. The number of allylic oxidation sites excluding steroid dienone is 1. The lowest BCUT2D eigenvalue weighted by Gasteiger charge is -2.28. The van der Waals surface area contributed by atoms with E-state index in [1.807, 2.05) is 0 Å². The molecule has 2 bridgehead atoms. The molecule has 1 aromatic carbocycles. The van der Waals surface area contributed by atoms with E-state index in [-0.39, 0.29) is 16.7 Å². The number of thiazole rings is 1. The van der Waals surface area contributed by atoms with Crippen molar-refractivity contribution in [2.24, 2.45) is 23.7 Å². The number of nitrogens with zero attached hydrogens (tertiary/aromatic N) is 3. The number of fused-ring (bicyclic) bond motifs is 3. The molecular formula is C26H26F3N3O2S. The predicted octanol–water partition coefficient (Wildman–Crippen LogP) is 7.27. The second-order valence-corrected chi connectivity index (χ2v) is 10.5. The molecule has 184 valence electrons. The Morgan fingerprint density at radius 3 is 2.86 bits per heavy atom. The quantitative estimate of drug-likeness (QED) is 0.304. The average molecular weight is 502 g/mol. The summed E-state index contributed by atoms with van der Waals surface area (Å²) in [4.78, 5) is 8.83. The van der Waals surface area contributed by atoms with Crippen LogP contribution in [-0.4, -0.2) is 22.8 Å². The van der Waals surface area contributed by atoms with Gasteiger partial charge in [-0.2, -0.15) is 18.4 Å². The third-order valence-electron chi connectivity index (χ3n) is 7.40. The molecule has 0 saturated heterocycles. The molecular weight excluding hydrogens is 475 g/mol. The number of rotatable bonds is 8. The third kappa shape index (κ3) is 4.87. The first-order chi connectivity index (χ1) is 16.9. The predicted molar refractivity (Wildman–Crippen MR) is 126 cm³/mol. The number of ether oxygens (including phenoxy) is 1. The van der Waals surface area contributed by atoms with Gasteiger partial charge in [0.25, 0.3) is 0 Å². The topological polar surface area (TPSA) is 71.9 Å². The number of halogens is 3. The fraction of sp³-hybridized carbons (Fsp3) is 0.500. The van der Waals surface area contributed by atoms with Crippen LogP contribution >= 0.6 is 11.3 Å². The molecule has 0 N–H and O–H groups in total. The zero-order valence-electron chi connectivity index (χ0n) is 19.1. The number of aryl methyl sites for hydroxylation is 1. The largest absolute Gasteiger partial charge is 0.440 e. The maximum absolute atomic E-state index is 13.9. The lowest BCUT2D eigenvalue weighted by Crippen LogP contribution is -2.24. The minimum atomic E-state index is -4.70. The second-order valence-electron chi connectivity index (χ2n) is 9.59. The van der Waals surface area contributed by atoms with Crippen molar-refractivity contribution in [3.05, 3.63) is 47.8 Å². The SMILES string of the molecule is C=CC1CC2CC(CCc3nc4c(C(OCC#N)C(F)(F)F)ccc(-c5nccs5)c4o3)CC1C2. The zero-order chi connectivity index (χ0) is 24.6. The van der Waals surface area contributed by atoms with E-state index in [0.717, 1.165) is 18.8 Å². The molecule has 2 aromatic heterocycles. The first-order valence-corrected chi connectivity index (χ1v) is 12.7. The van der Waals surface area contributed by atoms with Gasteiger partial charge in [0, 0.05) is 23.6 Å². The number of hydrogen-bond acceptors (Lipinski definition) is 6. The molecule has 35 heavy (non-hydrogen) atoms. The van der Waals surface area contributed by atoms with Crippen molar-refractivity contribution in [3.63, 3.8) is 0 Å². The van der Waals surface area contributed by atoms with Crippen LogP contribution in [0.15, 0.2) is 40.8 Å². The molecule has 5 atom stereocenters. The summed E-state index contributed by atoms with van der Waals surface area (Å²) < 4.78 is 52.6. The standard InChI is InChI=1S/C26H26F3N3O2S/c1-2-17-13-16-11-15(12-18(17)14-16)3-6-21-32-22-19(24(26(27,28)29)33-9-7-30)4-5-20(23(22)34-21)25-31-8-10-35-25/h2,4-5,8,10,15-18,24H,1,3,6,9,11-14H2. The Morgan fingerprint density at radius 2 is 2.14 bits per heavy atom. The van der Waals surface area contributed by atoms with Gasteiger partial charge in [0.1, 0.15) is 17.1 Å². The molecule has 2 heterocycles. The average Bonchev–Trinajstić information content (AvgIpc) is 3.56. The number of benzene rings is 1. The lowest BCUT2D eigenvalue weighted by molar-refractivity contribution is -0.219. The fourth-order valence-electron chi connectivity index (χ4n) is 5.98. The molecule has 5 nitrogen and oxygen atoms in total. The first-order valence-electron chi connectivity index (χ1n) is 11.9. The van der Waals surface area contributed by atoms with Gasteiger partial charge in [-0.3, -0.25) is 0 Å². The van der Waals surface area contributed by atoms with Crippen LogP contribution in [0.4, 0.5) is 13.2 Å². The van der Waals surface area contributed by atoms with Crippen LogP contribution in [0.1, 0.15) is 49.7 Å². The molecule has 0 spiro atoms. The highest BCUT2D eigenvalue weighted by atomic mass is 32.1. The van der Waals surface area contributed by atoms with E-state index in [2.05, 4.69) is 22.6 Å². The van der Waals surface area contributed by atoms with Crippen molar-refractivity contribution in [2.75, 3.05) is 6.61 Å². The summed E-state index contributed by atoms with van der Waals surface area (Å²) in [7, 11) is 0. The Labute approximate surface area is 205 Å². The molecule has 2 aliphatic rings. The summed E-state index contributed by atoms with van der Waals surface area (Å²) in [5, 5.41) is 11.2. The van der Waals surface area contributed by atoms with Crippen molar-refractivity contribution in [2.45, 2.75) is 50.8 Å². The third-order valence-corrected chi connectivity index (χ3v) is 8.20. The van der Waals surface area contributed by atoms with E-state index in [1.54, 1.807) is 23.7 Å². The van der Waals surface area contributed by atoms with Crippen molar-refractivity contribution >= 4 is 22.4 Å². The summed E-state index contributed by atoms with van der Waals surface area (Å²) in [6.45, 7) is 3.32. The van der Waals surface area contributed by atoms with Crippen LogP contribution in [0.5, 0.6) is 0 Å². The molecule has 0 amide bonds. The van der Waals surface area contributed by atoms with Gasteiger partial charge in [-0.15, -0.1) is 17.9 Å². The molecule has 0 aliphatic heterocycles. The van der Waals surface area contributed by atoms with E-state index in [1.165, 1.54) is 36.7 Å². The fourth-order valence-corrected chi connectivity index (χ4v) is 6.64. The Kier molecular flexibility index (Phi) is 6.69. The summed E-state index contributed by atoms with van der Waals surface area (Å²) in [6.07, 6.45) is 3.04.